The minimum absolute atomic E-state index is 0.0163. The molecule has 0 spiro atoms. The van der Waals surface area contributed by atoms with Crippen molar-refractivity contribution in [3.8, 4) is 0 Å². The molecule has 7 nitrogen and oxygen atoms in total. The number of hydrogen-bond donors (Lipinski definition) is 1. The van der Waals surface area contributed by atoms with Crippen LogP contribution in [0.25, 0.3) is 0 Å². The third kappa shape index (κ3) is 5.18. The standard InChI is InChI=1S/C18H27N3O4S/c1-26(23,24)19-13-15-3-2-8-21(14-15)18(22)16-4-6-17(7-5-16)20-9-11-25-12-10-20/h4-7,15,19H,2-3,8-14H2,1H3. The van der Waals surface area contributed by atoms with E-state index in [1.165, 1.54) is 0 Å². The molecule has 1 amide bonds. The van der Waals surface area contributed by atoms with Crippen LogP contribution in [0, 0.1) is 5.92 Å². The smallest absolute Gasteiger partial charge is 0.253 e. The number of likely N-dealkylation sites (tertiary alicyclic amines) is 1. The lowest BCUT2D eigenvalue weighted by atomic mass is 9.97. The van der Waals surface area contributed by atoms with Crippen LogP contribution in [0.2, 0.25) is 0 Å². The highest BCUT2D eigenvalue weighted by Crippen LogP contribution is 2.21. The second kappa shape index (κ2) is 8.37. The minimum Gasteiger partial charge on any atom is -0.378 e. The number of carbonyl (C=O) groups excluding carboxylic acids is 1. The van der Waals surface area contributed by atoms with Crippen molar-refractivity contribution in [1.82, 2.24) is 9.62 Å². The molecule has 2 heterocycles. The first-order valence-corrected chi connectivity index (χ1v) is 11.0. The maximum absolute atomic E-state index is 12.8. The summed E-state index contributed by atoms with van der Waals surface area (Å²) in [6, 6.07) is 7.74. The molecule has 3 rings (SSSR count). The summed E-state index contributed by atoms with van der Waals surface area (Å²) in [6.07, 6.45) is 2.99. The Morgan fingerprint density at radius 2 is 1.88 bits per heavy atom. The summed E-state index contributed by atoms with van der Waals surface area (Å²) >= 11 is 0. The molecule has 0 aromatic heterocycles. The molecule has 2 fully saturated rings. The Kier molecular flexibility index (Phi) is 6.16. The average Bonchev–Trinajstić information content (AvgIpc) is 2.66. The van der Waals surface area contributed by atoms with E-state index >= 15 is 0 Å². The average molecular weight is 381 g/mol. The predicted octanol–water partition coefficient (Wildman–Crippen LogP) is 0.925. The van der Waals surface area contributed by atoms with Crippen molar-refractivity contribution in [2.45, 2.75) is 12.8 Å². The topological polar surface area (TPSA) is 79.0 Å². The van der Waals surface area contributed by atoms with Crippen LogP contribution in [0.5, 0.6) is 0 Å². The molecule has 0 radical (unpaired) electrons. The van der Waals surface area contributed by atoms with Crippen LogP contribution in [0.1, 0.15) is 23.2 Å². The van der Waals surface area contributed by atoms with Crippen LogP contribution in [-0.4, -0.2) is 71.4 Å². The maximum atomic E-state index is 12.8. The Morgan fingerprint density at radius 1 is 1.19 bits per heavy atom. The zero-order valence-electron chi connectivity index (χ0n) is 15.2. The van der Waals surface area contributed by atoms with E-state index in [0.29, 0.717) is 18.7 Å². The number of benzene rings is 1. The van der Waals surface area contributed by atoms with Gasteiger partial charge in [0.05, 0.1) is 19.5 Å². The molecule has 1 N–H and O–H groups in total. The van der Waals surface area contributed by atoms with Gasteiger partial charge in [-0.1, -0.05) is 0 Å². The Labute approximate surface area is 155 Å². The number of carbonyl (C=O) groups is 1. The van der Waals surface area contributed by atoms with Crippen LogP contribution in [0.4, 0.5) is 5.69 Å². The Bertz CT molecular complexity index is 714. The number of anilines is 1. The fraction of sp³-hybridized carbons (Fsp3) is 0.611. The quantitative estimate of drug-likeness (QED) is 0.821. The molecule has 1 atom stereocenters. The second-order valence-electron chi connectivity index (χ2n) is 7.03. The fourth-order valence-corrected chi connectivity index (χ4v) is 4.04. The normalized spacial score (nSPS) is 21.7. The number of rotatable bonds is 5. The van der Waals surface area contributed by atoms with E-state index in [1.54, 1.807) is 0 Å². The van der Waals surface area contributed by atoms with Crippen molar-refractivity contribution < 1.29 is 17.9 Å². The Balaban J connectivity index is 1.59. The molecule has 2 aliphatic heterocycles. The number of morpholine rings is 1. The zero-order valence-corrected chi connectivity index (χ0v) is 16.0. The van der Waals surface area contributed by atoms with E-state index in [2.05, 4.69) is 9.62 Å². The van der Waals surface area contributed by atoms with Crippen molar-refractivity contribution in [2.24, 2.45) is 5.92 Å². The number of hydrogen-bond acceptors (Lipinski definition) is 5. The van der Waals surface area contributed by atoms with Crippen LogP contribution in [0.3, 0.4) is 0 Å². The van der Waals surface area contributed by atoms with E-state index in [9.17, 15) is 13.2 Å². The predicted molar refractivity (Wildman–Crippen MR) is 101 cm³/mol. The zero-order chi connectivity index (χ0) is 18.6. The third-order valence-electron chi connectivity index (χ3n) is 4.93. The molecule has 0 bridgehead atoms. The molecule has 1 unspecified atom stereocenters. The van der Waals surface area contributed by atoms with Crippen LogP contribution in [-0.2, 0) is 14.8 Å². The number of sulfonamides is 1. The largest absolute Gasteiger partial charge is 0.378 e. The van der Waals surface area contributed by atoms with Gasteiger partial charge in [-0.3, -0.25) is 4.79 Å². The molecular formula is C18H27N3O4S. The van der Waals surface area contributed by atoms with Gasteiger partial charge in [-0.25, -0.2) is 13.1 Å². The molecular weight excluding hydrogens is 354 g/mol. The molecule has 0 saturated carbocycles. The summed E-state index contributed by atoms with van der Waals surface area (Å²) < 4.78 is 30.5. The fourth-order valence-electron chi connectivity index (χ4n) is 3.50. The van der Waals surface area contributed by atoms with Gasteiger partial charge >= 0.3 is 0 Å². The first kappa shape index (κ1) is 19.1. The van der Waals surface area contributed by atoms with Crippen LogP contribution < -0.4 is 9.62 Å². The van der Waals surface area contributed by atoms with Crippen molar-refractivity contribution in [3.63, 3.8) is 0 Å². The van der Waals surface area contributed by atoms with E-state index < -0.39 is 10.0 Å². The lowest BCUT2D eigenvalue weighted by Gasteiger charge is -2.33. The van der Waals surface area contributed by atoms with Gasteiger partial charge in [0.1, 0.15) is 0 Å². The summed E-state index contributed by atoms with van der Waals surface area (Å²) in [5, 5.41) is 0. The van der Waals surface area contributed by atoms with Gasteiger partial charge in [-0.2, -0.15) is 0 Å². The summed E-state index contributed by atoms with van der Waals surface area (Å²) in [5.74, 6) is 0.178. The highest BCUT2D eigenvalue weighted by atomic mass is 32.2. The van der Waals surface area contributed by atoms with Crippen molar-refractivity contribution >= 4 is 21.6 Å². The summed E-state index contributed by atoms with van der Waals surface area (Å²) in [5.41, 5.74) is 1.79. The molecule has 1 aromatic carbocycles. The highest BCUT2D eigenvalue weighted by Gasteiger charge is 2.25. The third-order valence-corrected chi connectivity index (χ3v) is 5.62. The molecule has 2 saturated heterocycles. The summed E-state index contributed by atoms with van der Waals surface area (Å²) in [4.78, 5) is 16.9. The minimum atomic E-state index is -3.20. The molecule has 1 aromatic rings. The van der Waals surface area contributed by atoms with Gasteiger partial charge in [0.15, 0.2) is 0 Å². The number of ether oxygens (including phenoxy) is 1. The van der Waals surface area contributed by atoms with Gasteiger partial charge in [-0.15, -0.1) is 0 Å². The molecule has 0 aliphatic carbocycles. The lowest BCUT2D eigenvalue weighted by molar-refractivity contribution is 0.0676. The summed E-state index contributed by atoms with van der Waals surface area (Å²) in [6.45, 7) is 4.90. The van der Waals surface area contributed by atoms with Gasteiger partial charge < -0.3 is 14.5 Å². The molecule has 2 aliphatic rings. The van der Waals surface area contributed by atoms with E-state index in [4.69, 9.17) is 4.74 Å². The SMILES string of the molecule is CS(=O)(=O)NCC1CCCN(C(=O)c2ccc(N3CCOCC3)cc2)C1. The maximum Gasteiger partial charge on any atom is 0.253 e. The van der Waals surface area contributed by atoms with E-state index in [1.807, 2.05) is 29.2 Å². The van der Waals surface area contributed by atoms with Gasteiger partial charge in [-0.05, 0) is 43.0 Å². The van der Waals surface area contributed by atoms with Gasteiger partial charge in [0.25, 0.3) is 5.91 Å². The highest BCUT2D eigenvalue weighted by molar-refractivity contribution is 7.88. The molecule has 26 heavy (non-hydrogen) atoms. The van der Waals surface area contributed by atoms with Gasteiger partial charge in [0.2, 0.25) is 10.0 Å². The first-order chi connectivity index (χ1) is 12.4. The van der Waals surface area contributed by atoms with Crippen molar-refractivity contribution in [2.75, 3.05) is 57.1 Å². The Morgan fingerprint density at radius 3 is 2.54 bits per heavy atom. The number of amides is 1. The number of nitrogens with one attached hydrogen (secondary N) is 1. The van der Waals surface area contributed by atoms with Crippen LogP contribution in [0.15, 0.2) is 24.3 Å². The van der Waals surface area contributed by atoms with Crippen molar-refractivity contribution in [3.05, 3.63) is 29.8 Å². The first-order valence-electron chi connectivity index (χ1n) is 9.09. The monoisotopic (exact) mass is 381 g/mol. The van der Waals surface area contributed by atoms with Gasteiger partial charge in [0, 0.05) is 44.0 Å². The second-order valence-corrected chi connectivity index (χ2v) is 8.86. The lowest BCUT2D eigenvalue weighted by Crippen LogP contribution is -2.43. The van der Waals surface area contributed by atoms with Crippen molar-refractivity contribution in [1.29, 1.82) is 0 Å². The van der Waals surface area contributed by atoms with Crippen LogP contribution >= 0.6 is 0 Å². The summed E-state index contributed by atoms with van der Waals surface area (Å²) in [7, 11) is -3.20. The van der Waals surface area contributed by atoms with E-state index in [-0.39, 0.29) is 11.8 Å². The number of nitrogens with zero attached hydrogens (tertiary/aromatic N) is 2. The van der Waals surface area contributed by atoms with E-state index in [0.717, 1.165) is 57.6 Å². The molecule has 144 valence electrons. The molecule has 8 heteroatoms. The Hall–Kier alpha value is -1.64. The number of piperidine rings is 1.